The topological polar surface area (TPSA) is 73.9 Å². The van der Waals surface area contributed by atoms with E-state index in [1.807, 2.05) is 0 Å². The van der Waals surface area contributed by atoms with Crippen LogP contribution in [0.25, 0.3) is 0 Å². The summed E-state index contributed by atoms with van der Waals surface area (Å²) in [6.45, 7) is 2.70. The molecule has 0 atom stereocenters. The maximum Gasteiger partial charge on any atom is 0.573 e. The number of benzene rings is 1. The number of alkyl halides is 3. The van der Waals surface area contributed by atoms with Gasteiger partial charge in [-0.05, 0) is 29.1 Å². The SMILES string of the molecule is O=C(NNC(=O)N1CCN(Cc2ccc(OC(F)(F)F)cc2)CC1)c1cccs1. The summed E-state index contributed by atoms with van der Waals surface area (Å²) in [5.74, 6) is -0.628. The maximum absolute atomic E-state index is 12.2. The number of carbonyl (C=O) groups is 2. The predicted molar refractivity (Wildman–Crippen MR) is 100 cm³/mol. The molecule has 156 valence electrons. The van der Waals surface area contributed by atoms with Crippen LogP contribution in [0.1, 0.15) is 15.2 Å². The summed E-state index contributed by atoms with van der Waals surface area (Å²) in [7, 11) is 0. The minimum atomic E-state index is -4.71. The van der Waals surface area contributed by atoms with Crippen LogP contribution >= 0.6 is 11.3 Å². The number of hydrogen-bond acceptors (Lipinski definition) is 5. The molecule has 0 unspecified atom stereocenters. The molecule has 7 nitrogen and oxygen atoms in total. The molecule has 2 N–H and O–H groups in total. The second-order valence-corrected chi connectivity index (χ2v) is 7.26. The molecule has 2 aromatic rings. The Morgan fingerprint density at radius 1 is 1.03 bits per heavy atom. The number of thiophene rings is 1. The molecule has 1 aliphatic heterocycles. The number of piperazine rings is 1. The van der Waals surface area contributed by atoms with Gasteiger partial charge >= 0.3 is 12.4 Å². The van der Waals surface area contributed by atoms with Gasteiger partial charge in [0.15, 0.2) is 0 Å². The normalized spacial score (nSPS) is 15.1. The monoisotopic (exact) mass is 428 g/mol. The first-order chi connectivity index (χ1) is 13.8. The molecule has 0 bridgehead atoms. The van der Waals surface area contributed by atoms with Crippen LogP contribution in [-0.2, 0) is 6.54 Å². The Kier molecular flexibility index (Phi) is 6.60. The fraction of sp³-hybridized carbons (Fsp3) is 0.333. The fourth-order valence-corrected chi connectivity index (χ4v) is 3.44. The number of hydrogen-bond donors (Lipinski definition) is 2. The van der Waals surface area contributed by atoms with Crippen molar-refractivity contribution in [1.29, 1.82) is 0 Å². The molecule has 3 rings (SSSR count). The van der Waals surface area contributed by atoms with Gasteiger partial charge in [-0.1, -0.05) is 18.2 Å². The van der Waals surface area contributed by atoms with Crippen LogP contribution in [0.2, 0.25) is 0 Å². The van der Waals surface area contributed by atoms with Crippen molar-refractivity contribution in [3.8, 4) is 5.75 Å². The highest BCUT2D eigenvalue weighted by Crippen LogP contribution is 2.23. The number of ether oxygens (including phenoxy) is 1. The average molecular weight is 428 g/mol. The lowest BCUT2D eigenvalue weighted by atomic mass is 10.2. The van der Waals surface area contributed by atoms with Crippen molar-refractivity contribution < 1.29 is 27.5 Å². The van der Waals surface area contributed by atoms with Gasteiger partial charge < -0.3 is 9.64 Å². The van der Waals surface area contributed by atoms with E-state index in [1.165, 1.54) is 23.5 Å². The van der Waals surface area contributed by atoms with Crippen molar-refractivity contribution in [3.63, 3.8) is 0 Å². The Balaban J connectivity index is 1.40. The van der Waals surface area contributed by atoms with Crippen LogP contribution in [0, 0.1) is 0 Å². The van der Waals surface area contributed by atoms with Gasteiger partial charge in [0.25, 0.3) is 5.91 Å². The van der Waals surface area contributed by atoms with Crippen LogP contribution < -0.4 is 15.6 Å². The molecular formula is C18H19F3N4O3S. The zero-order valence-corrected chi connectivity index (χ0v) is 16.1. The van der Waals surface area contributed by atoms with Gasteiger partial charge in [0.05, 0.1) is 4.88 Å². The van der Waals surface area contributed by atoms with Crippen LogP contribution in [0.5, 0.6) is 5.75 Å². The number of urea groups is 1. The second-order valence-electron chi connectivity index (χ2n) is 6.32. The van der Waals surface area contributed by atoms with Gasteiger partial charge in [-0.3, -0.25) is 15.1 Å². The Morgan fingerprint density at radius 2 is 1.72 bits per heavy atom. The molecule has 2 heterocycles. The molecule has 1 aliphatic rings. The Morgan fingerprint density at radius 3 is 2.31 bits per heavy atom. The first-order valence-electron chi connectivity index (χ1n) is 8.76. The number of nitrogens with zero attached hydrogens (tertiary/aromatic N) is 2. The molecule has 29 heavy (non-hydrogen) atoms. The minimum Gasteiger partial charge on any atom is -0.406 e. The van der Waals surface area contributed by atoms with E-state index in [-0.39, 0.29) is 17.7 Å². The molecule has 0 aliphatic carbocycles. The van der Waals surface area contributed by atoms with E-state index in [2.05, 4.69) is 20.5 Å². The third kappa shape index (κ3) is 6.36. The number of rotatable bonds is 4. The zero-order valence-electron chi connectivity index (χ0n) is 15.2. The van der Waals surface area contributed by atoms with E-state index >= 15 is 0 Å². The molecule has 1 aromatic carbocycles. The Hall–Kier alpha value is -2.79. The number of hydrazine groups is 1. The van der Waals surface area contributed by atoms with Crippen LogP contribution in [0.4, 0.5) is 18.0 Å². The molecule has 11 heteroatoms. The minimum absolute atomic E-state index is 0.257. The summed E-state index contributed by atoms with van der Waals surface area (Å²) in [5, 5.41) is 1.77. The summed E-state index contributed by atoms with van der Waals surface area (Å²) in [6, 6.07) is 8.75. The smallest absolute Gasteiger partial charge is 0.406 e. The van der Waals surface area contributed by atoms with Crippen molar-refractivity contribution in [2.45, 2.75) is 12.9 Å². The summed E-state index contributed by atoms with van der Waals surface area (Å²) in [4.78, 5) is 28.2. The summed E-state index contributed by atoms with van der Waals surface area (Å²) >= 11 is 1.28. The Bertz CT molecular complexity index is 820. The number of halogens is 3. The third-order valence-electron chi connectivity index (χ3n) is 4.25. The molecule has 0 saturated carbocycles. The highest BCUT2D eigenvalue weighted by Gasteiger charge is 2.31. The number of carbonyl (C=O) groups excluding carboxylic acids is 2. The molecule has 1 saturated heterocycles. The van der Waals surface area contributed by atoms with E-state index in [4.69, 9.17) is 0 Å². The van der Waals surface area contributed by atoms with E-state index in [9.17, 15) is 22.8 Å². The van der Waals surface area contributed by atoms with E-state index in [0.717, 1.165) is 5.56 Å². The van der Waals surface area contributed by atoms with Gasteiger partial charge in [0, 0.05) is 32.7 Å². The van der Waals surface area contributed by atoms with Gasteiger partial charge in [0.2, 0.25) is 0 Å². The zero-order chi connectivity index (χ0) is 20.9. The highest BCUT2D eigenvalue weighted by atomic mass is 32.1. The highest BCUT2D eigenvalue weighted by molar-refractivity contribution is 7.12. The first-order valence-corrected chi connectivity index (χ1v) is 9.64. The number of amides is 3. The van der Waals surface area contributed by atoms with Crippen LogP contribution in [0.15, 0.2) is 41.8 Å². The molecule has 1 fully saturated rings. The van der Waals surface area contributed by atoms with E-state index in [0.29, 0.717) is 37.6 Å². The van der Waals surface area contributed by atoms with Crippen molar-refractivity contribution in [2.24, 2.45) is 0 Å². The van der Waals surface area contributed by atoms with Crippen molar-refractivity contribution >= 4 is 23.3 Å². The largest absolute Gasteiger partial charge is 0.573 e. The maximum atomic E-state index is 12.2. The molecule has 0 spiro atoms. The standard InChI is InChI=1S/C18H19F3N4O3S/c19-18(20,21)28-14-5-3-13(4-6-14)12-24-7-9-25(10-8-24)17(27)23-22-16(26)15-2-1-11-29-15/h1-6,11H,7-10,12H2,(H,22,26)(H,23,27). The predicted octanol–water partition coefficient (Wildman–Crippen LogP) is 2.82. The van der Waals surface area contributed by atoms with E-state index in [1.54, 1.807) is 34.5 Å². The molecular weight excluding hydrogens is 409 g/mol. The fourth-order valence-electron chi connectivity index (χ4n) is 2.82. The van der Waals surface area contributed by atoms with Gasteiger partial charge in [-0.15, -0.1) is 24.5 Å². The molecule has 1 aromatic heterocycles. The Labute approximate surface area is 169 Å². The number of nitrogens with one attached hydrogen (secondary N) is 2. The summed E-state index contributed by atoms with van der Waals surface area (Å²) < 4.78 is 40.4. The van der Waals surface area contributed by atoms with Crippen molar-refractivity contribution in [1.82, 2.24) is 20.7 Å². The van der Waals surface area contributed by atoms with Crippen molar-refractivity contribution in [3.05, 3.63) is 52.2 Å². The second kappa shape index (κ2) is 9.14. The van der Waals surface area contributed by atoms with Crippen molar-refractivity contribution in [2.75, 3.05) is 26.2 Å². The van der Waals surface area contributed by atoms with Gasteiger partial charge in [-0.2, -0.15) is 0 Å². The first kappa shape index (κ1) is 20.9. The lowest BCUT2D eigenvalue weighted by Crippen LogP contribution is -2.54. The molecule has 0 radical (unpaired) electrons. The van der Waals surface area contributed by atoms with E-state index < -0.39 is 6.36 Å². The van der Waals surface area contributed by atoms with Crippen LogP contribution in [-0.4, -0.2) is 54.3 Å². The lowest BCUT2D eigenvalue weighted by Gasteiger charge is -2.34. The third-order valence-corrected chi connectivity index (χ3v) is 5.12. The average Bonchev–Trinajstić information content (AvgIpc) is 3.22. The van der Waals surface area contributed by atoms with Crippen LogP contribution in [0.3, 0.4) is 0 Å². The van der Waals surface area contributed by atoms with Gasteiger partial charge in [0.1, 0.15) is 5.75 Å². The van der Waals surface area contributed by atoms with Gasteiger partial charge in [-0.25, -0.2) is 10.2 Å². The summed E-state index contributed by atoms with van der Waals surface area (Å²) in [6.07, 6.45) is -4.71. The lowest BCUT2D eigenvalue weighted by molar-refractivity contribution is -0.274. The summed E-state index contributed by atoms with van der Waals surface area (Å²) in [5.41, 5.74) is 5.63. The molecule has 3 amide bonds. The quantitative estimate of drug-likeness (QED) is 0.735.